The first-order valence-electron chi connectivity index (χ1n) is 8.53. The van der Waals surface area contributed by atoms with Crippen LogP contribution in [0.1, 0.15) is 18.1 Å². The van der Waals surface area contributed by atoms with Crippen molar-refractivity contribution in [2.75, 3.05) is 0 Å². The Balaban J connectivity index is 2.11. The van der Waals surface area contributed by atoms with Gasteiger partial charge in [-0.3, -0.25) is 9.59 Å². The highest BCUT2D eigenvalue weighted by atomic mass is 127. The smallest absolute Gasteiger partial charge is 0.326 e. The van der Waals surface area contributed by atoms with Gasteiger partial charge in [-0.15, -0.1) is 0 Å². The molecule has 0 bridgehead atoms. The Hall–Kier alpha value is -2.49. The summed E-state index contributed by atoms with van der Waals surface area (Å²) in [5, 5.41) is 14.5. The molecule has 0 saturated heterocycles. The predicted molar refractivity (Wildman–Crippen MR) is 110 cm³/mol. The molecule has 2 rings (SSSR count). The number of halogens is 2. The van der Waals surface area contributed by atoms with Crippen LogP contribution < -0.4 is 10.6 Å². The van der Waals surface area contributed by atoms with Gasteiger partial charge < -0.3 is 15.7 Å². The van der Waals surface area contributed by atoms with E-state index in [9.17, 15) is 23.9 Å². The van der Waals surface area contributed by atoms with E-state index >= 15 is 0 Å². The van der Waals surface area contributed by atoms with Crippen molar-refractivity contribution in [2.24, 2.45) is 0 Å². The Labute approximate surface area is 175 Å². The van der Waals surface area contributed by atoms with Gasteiger partial charge in [-0.05, 0) is 58.0 Å². The van der Waals surface area contributed by atoms with E-state index in [0.29, 0.717) is 5.56 Å². The highest BCUT2D eigenvalue weighted by molar-refractivity contribution is 14.1. The zero-order chi connectivity index (χ0) is 20.7. The van der Waals surface area contributed by atoms with E-state index < -0.39 is 35.7 Å². The lowest BCUT2D eigenvalue weighted by Crippen LogP contribution is -2.52. The van der Waals surface area contributed by atoms with Crippen LogP contribution in [0.5, 0.6) is 0 Å². The number of nitrogens with one attached hydrogen (secondary N) is 2. The lowest BCUT2D eigenvalue weighted by atomic mass is 10.0. The molecule has 2 atom stereocenters. The van der Waals surface area contributed by atoms with Crippen molar-refractivity contribution < 1.29 is 23.9 Å². The molecule has 0 radical (unpaired) electrons. The number of carbonyl (C=O) groups excluding carboxylic acids is 2. The first kappa shape index (κ1) is 21.8. The van der Waals surface area contributed by atoms with Crippen molar-refractivity contribution in [3.63, 3.8) is 0 Å². The highest BCUT2D eigenvalue weighted by Gasteiger charge is 2.26. The predicted octanol–water partition coefficient (Wildman–Crippen LogP) is 2.29. The number of aliphatic carboxylic acids is 1. The van der Waals surface area contributed by atoms with Crippen molar-refractivity contribution in [2.45, 2.75) is 31.8 Å². The molecule has 0 aliphatic rings. The average Bonchev–Trinajstić information content (AvgIpc) is 2.63. The zero-order valence-corrected chi connectivity index (χ0v) is 17.3. The van der Waals surface area contributed by atoms with Gasteiger partial charge in [0.25, 0.3) is 0 Å². The van der Waals surface area contributed by atoms with Crippen molar-refractivity contribution in [1.29, 1.82) is 0 Å². The van der Waals surface area contributed by atoms with Crippen LogP contribution in [0.15, 0.2) is 48.5 Å². The molecule has 2 amide bonds. The van der Waals surface area contributed by atoms with Gasteiger partial charge in [0.15, 0.2) is 0 Å². The van der Waals surface area contributed by atoms with Crippen LogP contribution in [0.25, 0.3) is 0 Å². The maximum Gasteiger partial charge on any atom is 0.326 e. The summed E-state index contributed by atoms with van der Waals surface area (Å²) in [7, 11) is 0. The molecule has 0 aliphatic heterocycles. The van der Waals surface area contributed by atoms with E-state index in [0.717, 1.165) is 9.13 Å². The number of carboxylic acids is 1. The van der Waals surface area contributed by atoms with Crippen molar-refractivity contribution >= 4 is 40.4 Å². The summed E-state index contributed by atoms with van der Waals surface area (Å²) in [5.41, 5.74) is 1.41. The second kappa shape index (κ2) is 10.2. The summed E-state index contributed by atoms with van der Waals surface area (Å²) in [4.78, 5) is 35.7. The maximum absolute atomic E-state index is 13.1. The van der Waals surface area contributed by atoms with E-state index in [1.807, 2.05) is 12.1 Å². The molecule has 0 aromatic heterocycles. The second-order valence-electron chi connectivity index (χ2n) is 6.31. The van der Waals surface area contributed by atoms with Crippen molar-refractivity contribution in [3.8, 4) is 0 Å². The Morgan fingerprint density at radius 3 is 1.93 bits per heavy atom. The minimum atomic E-state index is -1.17. The first-order chi connectivity index (χ1) is 13.2. The Kier molecular flexibility index (Phi) is 7.91. The van der Waals surface area contributed by atoms with E-state index in [4.69, 9.17) is 0 Å². The molecule has 148 valence electrons. The molecule has 0 spiro atoms. The fourth-order valence-electron chi connectivity index (χ4n) is 2.64. The quantitative estimate of drug-likeness (QED) is 0.487. The minimum Gasteiger partial charge on any atom is -0.480 e. The SMILES string of the molecule is CC(=O)N[C@@H](Cc1ccc(F)cc1)C(=O)N[C@@H](Cc1ccc(I)cc1)C(=O)O. The van der Waals surface area contributed by atoms with Crippen molar-refractivity contribution in [1.82, 2.24) is 10.6 Å². The largest absolute Gasteiger partial charge is 0.480 e. The lowest BCUT2D eigenvalue weighted by Gasteiger charge is -2.21. The molecule has 0 heterocycles. The van der Waals surface area contributed by atoms with Crippen LogP contribution in [0.4, 0.5) is 4.39 Å². The Morgan fingerprint density at radius 1 is 0.929 bits per heavy atom. The summed E-state index contributed by atoms with van der Waals surface area (Å²) in [5.74, 6) is -2.62. The maximum atomic E-state index is 13.1. The number of amides is 2. The fourth-order valence-corrected chi connectivity index (χ4v) is 3.00. The average molecular weight is 498 g/mol. The molecule has 0 fully saturated rings. The van der Waals surface area contributed by atoms with Gasteiger partial charge in [0.2, 0.25) is 11.8 Å². The number of hydrogen-bond donors (Lipinski definition) is 3. The summed E-state index contributed by atoms with van der Waals surface area (Å²) in [6.45, 7) is 1.27. The second-order valence-corrected chi connectivity index (χ2v) is 7.56. The number of hydrogen-bond acceptors (Lipinski definition) is 3. The van der Waals surface area contributed by atoms with Crippen LogP contribution in [0, 0.1) is 9.39 Å². The first-order valence-corrected chi connectivity index (χ1v) is 9.61. The summed E-state index contributed by atoms with van der Waals surface area (Å²) < 4.78 is 14.1. The normalized spacial score (nSPS) is 12.7. The third-order valence-electron chi connectivity index (χ3n) is 4.01. The van der Waals surface area contributed by atoms with Gasteiger partial charge in [0.1, 0.15) is 17.9 Å². The summed E-state index contributed by atoms with van der Waals surface area (Å²) in [6, 6.07) is 10.7. The van der Waals surface area contributed by atoms with Crippen LogP contribution in [-0.2, 0) is 27.2 Å². The van der Waals surface area contributed by atoms with Crippen LogP contribution in [-0.4, -0.2) is 35.0 Å². The number of benzene rings is 2. The third-order valence-corrected chi connectivity index (χ3v) is 4.73. The topological polar surface area (TPSA) is 95.5 Å². The van der Waals surface area contributed by atoms with Crippen LogP contribution in [0.2, 0.25) is 0 Å². The van der Waals surface area contributed by atoms with Crippen LogP contribution >= 0.6 is 22.6 Å². The lowest BCUT2D eigenvalue weighted by molar-refractivity contribution is -0.142. The third kappa shape index (κ3) is 6.91. The fraction of sp³-hybridized carbons (Fsp3) is 0.250. The van der Waals surface area contributed by atoms with E-state index in [1.165, 1.54) is 31.2 Å². The molecule has 6 nitrogen and oxygen atoms in total. The van der Waals surface area contributed by atoms with Gasteiger partial charge in [0, 0.05) is 23.3 Å². The molecule has 3 N–H and O–H groups in total. The highest BCUT2D eigenvalue weighted by Crippen LogP contribution is 2.10. The standard InChI is InChI=1S/C20H20FIN2O4/c1-12(25)23-17(10-13-2-6-15(21)7-3-13)19(26)24-18(20(27)28)11-14-4-8-16(22)9-5-14/h2-9,17-18H,10-11H2,1H3,(H,23,25)(H,24,26)(H,27,28)/t17-,18-/m0/s1. The van der Waals surface area contributed by atoms with Gasteiger partial charge >= 0.3 is 5.97 Å². The van der Waals surface area contributed by atoms with Gasteiger partial charge in [-0.2, -0.15) is 0 Å². The molecular formula is C20H20FIN2O4. The van der Waals surface area contributed by atoms with Crippen LogP contribution in [0.3, 0.4) is 0 Å². The molecule has 28 heavy (non-hydrogen) atoms. The minimum absolute atomic E-state index is 0.112. The molecule has 0 saturated carbocycles. The molecule has 2 aromatic carbocycles. The Morgan fingerprint density at radius 2 is 1.43 bits per heavy atom. The summed E-state index contributed by atoms with van der Waals surface area (Å²) >= 11 is 2.15. The van der Waals surface area contributed by atoms with Gasteiger partial charge in [-0.25, -0.2) is 9.18 Å². The monoisotopic (exact) mass is 498 g/mol. The molecular weight excluding hydrogens is 478 g/mol. The van der Waals surface area contributed by atoms with E-state index in [-0.39, 0.29) is 12.8 Å². The zero-order valence-electron chi connectivity index (χ0n) is 15.1. The summed E-state index contributed by atoms with van der Waals surface area (Å²) in [6.07, 6.45) is 0.225. The number of carbonyl (C=O) groups is 3. The van der Waals surface area contributed by atoms with Gasteiger partial charge in [-0.1, -0.05) is 24.3 Å². The Bertz CT molecular complexity index is 840. The number of rotatable bonds is 8. The molecule has 0 unspecified atom stereocenters. The van der Waals surface area contributed by atoms with E-state index in [1.54, 1.807) is 12.1 Å². The molecule has 8 heteroatoms. The van der Waals surface area contributed by atoms with Crippen molar-refractivity contribution in [3.05, 3.63) is 69.0 Å². The van der Waals surface area contributed by atoms with E-state index in [2.05, 4.69) is 33.2 Å². The van der Waals surface area contributed by atoms with Gasteiger partial charge in [0.05, 0.1) is 0 Å². The molecule has 0 aliphatic carbocycles. The number of carboxylic acid groups (broad SMARTS) is 1. The molecule has 2 aromatic rings.